The molecule has 3 nitrogen and oxygen atoms in total. The van der Waals surface area contributed by atoms with Gasteiger partial charge in [-0.2, -0.15) is 0 Å². The highest BCUT2D eigenvalue weighted by Gasteiger charge is 2.18. The summed E-state index contributed by atoms with van der Waals surface area (Å²) in [5.74, 6) is 0. The van der Waals surface area contributed by atoms with Gasteiger partial charge >= 0.3 is 0 Å². The summed E-state index contributed by atoms with van der Waals surface area (Å²) in [6.07, 6.45) is 0. The number of nitrogens with zero attached hydrogens (tertiary/aromatic N) is 1. The molecule has 0 spiro atoms. The molecule has 0 aromatic heterocycles. The topological polar surface area (TPSA) is 38.5 Å². The molecule has 2 N–H and O–H groups in total. The molecule has 0 radical (unpaired) electrons. The van der Waals surface area contributed by atoms with Crippen molar-refractivity contribution in [2.45, 2.75) is 19.3 Å². The van der Waals surface area contributed by atoms with E-state index in [9.17, 15) is 0 Å². The second-order valence-electron chi connectivity index (χ2n) is 5.23. The van der Waals surface area contributed by atoms with Crippen molar-refractivity contribution in [1.82, 2.24) is 0 Å². The minimum Gasteiger partial charge on any atom is -0.378 e. The molecule has 1 aromatic carbocycles. The maximum atomic E-state index is 5.79. The van der Waals surface area contributed by atoms with Crippen LogP contribution in [0.1, 0.15) is 19.4 Å². The summed E-state index contributed by atoms with van der Waals surface area (Å²) in [7, 11) is 0. The van der Waals surface area contributed by atoms with Crippen LogP contribution in [0.4, 0.5) is 5.69 Å². The van der Waals surface area contributed by atoms with Gasteiger partial charge in [0.25, 0.3) is 0 Å². The molecular formula is C14H22N2O. The molecule has 1 fully saturated rings. The number of nitrogens with two attached hydrogens (primary N) is 1. The van der Waals surface area contributed by atoms with Gasteiger partial charge < -0.3 is 15.4 Å². The zero-order valence-electron chi connectivity index (χ0n) is 10.8. The smallest absolute Gasteiger partial charge is 0.0642 e. The summed E-state index contributed by atoms with van der Waals surface area (Å²) >= 11 is 0. The van der Waals surface area contributed by atoms with E-state index in [0.717, 1.165) is 26.3 Å². The molecule has 1 aromatic rings. The van der Waals surface area contributed by atoms with E-state index in [1.807, 2.05) is 0 Å². The van der Waals surface area contributed by atoms with Crippen LogP contribution in [0.25, 0.3) is 0 Å². The highest BCUT2D eigenvalue weighted by Crippen LogP contribution is 2.24. The molecule has 0 saturated carbocycles. The highest BCUT2D eigenvalue weighted by molar-refractivity contribution is 5.49. The first-order valence-corrected chi connectivity index (χ1v) is 6.27. The predicted molar refractivity (Wildman–Crippen MR) is 71.6 cm³/mol. The molecule has 0 bridgehead atoms. The molecule has 0 amide bonds. The van der Waals surface area contributed by atoms with Crippen molar-refractivity contribution < 1.29 is 4.74 Å². The first-order chi connectivity index (χ1) is 8.13. The summed E-state index contributed by atoms with van der Waals surface area (Å²) in [5.41, 5.74) is 8.44. The van der Waals surface area contributed by atoms with E-state index in [-0.39, 0.29) is 5.41 Å². The van der Waals surface area contributed by atoms with Crippen LogP contribution in [0.3, 0.4) is 0 Å². The summed E-state index contributed by atoms with van der Waals surface area (Å²) in [6, 6.07) is 8.77. The lowest BCUT2D eigenvalue weighted by molar-refractivity contribution is 0.122. The maximum Gasteiger partial charge on any atom is 0.0642 e. The number of morpholine rings is 1. The zero-order chi connectivity index (χ0) is 12.3. The van der Waals surface area contributed by atoms with E-state index in [1.54, 1.807) is 0 Å². The van der Waals surface area contributed by atoms with Gasteiger partial charge in [-0.25, -0.2) is 0 Å². The van der Waals surface area contributed by atoms with Crippen LogP contribution < -0.4 is 10.6 Å². The number of ether oxygens (including phenoxy) is 1. The van der Waals surface area contributed by atoms with Crippen molar-refractivity contribution in [3.63, 3.8) is 0 Å². The Balaban J connectivity index is 2.12. The Morgan fingerprint density at radius 2 is 1.76 bits per heavy atom. The minimum atomic E-state index is 0.0591. The fourth-order valence-electron chi connectivity index (χ4n) is 2.06. The van der Waals surface area contributed by atoms with Gasteiger partial charge in [-0.15, -0.1) is 0 Å². The number of hydrogen-bond donors (Lipinski definition) is 1. The average Bonchev–Trinajstić information content (AvgIpc) is 2.40. The lowest BCUT2D eigenvalue weighted by atomic mass is 9.85. The second-order valence-corrected chi connectivity index (χ2v) is 5.23. The van der Waals surface area contributed by atoms with Crippen molar-refractivity contribution >= 4 is 5.69 Å². The first kappa shape index (κ1) is 12.4. The first-order valence-electron chi connectivity index (χ1n) is 6.27. The van der Waals surface area contributed by atoms with E-state index in [0.29, 0.717) is 6.54 Å². The van der Waals surface area contributed by atoms with Crippen LogP contribution in [-0.4, -0.2) is 32.8 Å². The van der Waals surface area contributed by atoms with Crippen molar-refractivity contribution in [2.75, 3.05) is 37.7 Å². The lowest BCUT2D eigenvalue weighted by Crippen LogP contribution is -2.36. The summed E-state index contributed by atoms with van der Waals surface area (Å²) in [4.78, 5) is 2.36. The maximum absolute atomic E-state index is 5.79. The number of benzene rings is 1. The molecule has 1 aliphatic heterocycles. The monoisotopic (exact) mass is 234 g/mol. The Morgan fingerprint density at radius 1 is 1.18 bits per heavy atom. The third kappa shape index (κ3) is 2.79. The van der Waals surface area contributed by atoms with Crippen molar-refractivity contribution in [3.05, 3.63) is 29.8 Å². The molecule has 0 aliphatic carbocycles. The number of hydrogen-bond acceptors (Lipinski definition) is 3. The van der Waals surface area contributed by atoms with Crippen molar-refractivity contribution in [3.8, 4) is 0 Å². The molecule has 17 heavy (non-hydrogen) atoms. The van der Waals surface area contributed by atoms with E-state index in [4.69, 9.17) is 10.5 Å². The van der Waals surface area contributed by atoms with Crippen LogP contribution in [0.2, 0.25) is 0 Å². The van der Waals surface area contributed by atoms with Gasteiger partial charge in [0.1, 0.15) is 0 Å². The number of rotatable bonds is 3. The zero-order valence-corrected chi connectivity index (χ0v) is 10.8. The summed E-state index contributed by atoms with van der Waals surface area (Å²) in [5, 5.41) is 0. The highest BCUT2D eigenvalue weighted by atomic mass is 16.5. The van der Waals surface area contributed by atoms with Crippen LogP contribution in [0.15, 0.2) is 24.3 Å². The molecular weight excluding hydrogens is 212 g/mol. The molecule has 0 atom stereocenters. The molecule has 1 saturated heterocycles. The quantitative estimate of drug-likeness (QED) is 0.866. The van der Waals surface area contributed by atoms with Crippen LogP contribution in [-0.2, 0) is 10.2 Å². The average molecular weight is 234 g/mol. The largest absolute Gasteiger partial charge is 0.378 e. The molecule has 1 aliphatic rings. The van der Waals surface area contributed by atoms with Crippen LogP contribution >= 0.6 is 0 Å². The van der Waals surface area contributed by atoms with Crippen LogP contribution in [0, 0.1) is 0 Å². The van der Waals surface area contributed by atoms with Gasteiger partial charge in [-0.05, 0) is 17.7 Å². The minimum absolute atomic E-state index is 0.0591. The Hall–Kier alpha value is -1.06. The third-order valence-electron chi connectivity index (χ3n) is 3.54. The normalized spacial score (nSPS) is 17.2. The van der Waals surface area contributed by atoms with Gasteiger partial charge in [0.2, 0.25) is 0 Å². The lowest BCUT2D eigenvalue weighted by Gasteiger charge is -2.30. The van der Waals surface area contributed by atoms with E-state index < -0.39 is 0 Å². The van der Waals surface area contributed by atoms with Gasteiger partial charge in [0.15, 0.2) is 0 Å². The van der Waals surface area contributed by atoms with Crippen molar-refractivity contribution in [2.24, 2.45) is 5.73 Å². The third-order valence-corrected chi connectivity index (χ3v) is 3.54. The Morgan fingerprint density at radius 3 is 2.29 bits per heavy atom. The molecule has 2 rings (SSSR count). The van der Waals surface area contributed by atoms with Gasteiger partial charge in [-0.3, -0.25) is 0 Å². The van der Waals surface area contributed by atoms with Gasteiger partial charge in [-0.1, -0.05) is 26.0 Å². The molecule has 3 heteroatoms. The fourth-order valence-corrected chi connectivity index (χ4v) is 2.06. The SMILES string of the molecule is CC(C)(CN)c1ccc(N2CCOCC2)cc1. The number of anilines is 1. The van der Waals surface area contributed by atoms with E-state index in [2.05, 4.69) is 43.0 Å². The fraction of sp³-hybridized carbons (Fsp3) is 0.571. The van der Waals surface area contributed by atoms with E-state index in [1.165, 1.54) is 11.3 Å². The van der Waals surface area contributed by atoms with E-state index >= 15 is 0 Å². The van der Waals surface area contributed by atoms with Gasteiger partial charge in [0.05, 0.1) is 13.2 Å². The molecule has 0 unspecified atom stereocenters. The summed E-state index contributed by atoms with van der Waals surface area (Å²) < 4.78 is 5.36. The Bertz CT molecular complexity index is 353. The Kier molecular flexibility index (Phi) is 3.69. The molecule has 1 heterocycles. The predicted octanol–water partition coefficient (Wildman–Crippen LogP) is 1.76. The standard InChI is InChI=1S/C14H22N2O/c1-14(2,11-15)12-3-5-13(6-4-12)16-7-9-17-10-8-16/h3-6H,7-11,15H2,1-2H3. The van der Waals surface area contributed by atoms with Gasteiger partial charge in [0, 0.05) is 30.7 Å². The summed E-state index contributed by atoms with van der Waals surface area (Å²) in [6.45, 7) is 8.66. The molecule has 94 valence electrons. The Labute approximate surface area is 104 Å². The van der Waals surface area contributed by atoms with Crippen molar-refractivity contribution in [1.29, 1.82) is 0 Å². The second kappa shape index (κ2) is 5.07. The van der Waals surface area contributed by atoms with Crippen LogP contribution in [0.5, 0.6) is 0 Å².